The van der Waals surface area contributed by atoms with E-state index in [1.54, 1.807) is 0 Å². The molecule has 1 fully saturated rings. The molecular weight excluding hydrogens is 204 g/mol. The molecule has 1 rings (SSSR count). The topological polar surface area (TPSA) is 49.4 Å². The third kappa shape index (κ3) is 2.61. The van der Waals surface area contributed by atoms with Crippen LogP contribution in [0, 0.1) is 11.8 Å². The van der Waals surface area contributed by atoms with E-state index in [1.807, 2.05) is 20.9 Å². The number of likely N-dealkylation sites (tertiary alicyclic amines) is 1. The van der Waals surface area contributed by atoms with Crippen molar-refractivity contribution in [1.29, 1.82) is 0 Å². The molecule has 1 aliphatic heterocycles. The summed E-state index contributed by atoms with van der Waals surface area (Å²) in [4.78, 5) is 25.0. The van der Waals surface area contributed by atoms with E-state index in [-0.39, 0.29) is 23.7 Å². The zero-order valence-electron chi connectivity index (χ0n) is 10.6. The summed E-state index contributed by atoms with van der Waals surface area (Å²) in [6.07, 6.45) is 1.86. The molecular formula is C12H22N2O2. The van der Waals surface area contributed by atoms with Crippen molar-refractivity contribution in [3.05, 3.63) is 0 Å². The number of nitrogens with zero attached hydrogens (tertiary/aromatic N) is 1. The van der Waals surface area contributed by atoms with Crippen LogP contribution in [0.15, 0.2) is 0 Å². The fourth-order valence-corrected chi connectivity index (χ4v) is 1.95. The Kier molecular flexibility index (Phi) is 4.47. The van der Waals surface area contributed by atoms with Gasteiger partial charge in [-0.25, -0.2) is 0 Å². The van der Waals surface area contributed by atoms with E-state index >= 15 is 0 Å². The maximum atomic E-state index is 11.8. The highest BCUT2D eigenvalue weighted by atomic mass is 16.2. The second-order valence-electron chi connectivity index (χ2n) is 4.74. The van der Waals surface area contributed by atoms with Crippen molar-refractivity contribution in [3.8, 4) is 0 Å². The first kappa shape index (κ1) is 13.2. The van der Waals surface area contributed by atoms with Crippen molar-refractivity contribution >= 4 is 11.8 Å². The van der Waals surface area contributed by atoms with Crippen molar-refractivity contribution < 1.29 is 9.59 Å². The fourth-order valence-electron chi connectivity index (χ4n) is 1.95. The lowest BCUT2D eigenvalue weighted by atomic mass is 10.00. The Morgan fingerprint density at radius 2 is 1.75 bits per heavy atom. The van der Waals surface area contributed by atoms with E-state index in [9.17, 15) is 9.59 Å². The monoisotopic (exact) mass is 226 g/mol. The molecule has 4 nitrogen and oxygen atoms in total. The van der Waals surface area contributed by atoms with Crippen LogP contribution in [-0.4, -0.2) is 36.3 Å². The molecule has 1 aliphatic rings. The van der Waals surface area contributed by atoms with Crippen LogP contribution in [0.4, 0.5) is 0 Å². The van der Waals surface area contributed by atoms with Crippen LogP contribution < -0.4 is 5.32 Å². The van der Waals surface area contributed by atoms with Crippen LogP contribution in [0.1, 0.15) is 33.6 Å². The molecule has 0 radical (unpaired) electrons. The quantitative estimate of drug-likeness (QED) is 0.712. The lowest BCUT2D eigenvalue weighted by molar-refractivity contribution is -0.139. The Morgan fingerprint density at radius 1 is 1.25 bits per heavy atom. The molecule has 1 N–H and O–H groups in total. The molecule has 4 heteroatoms. The summed E-state index contributed by atoms with van der Waals surface area (Å²) in [5.41, 5.74) is 0. The van der Waals surface area contributed by atoms with E-state index in [0.29, 0.717) is 12.6 Å². The smallest absolute Gasteiger partial charge is 0.232 e. The summed E-state index contributed by atoms with van der Waals surface area (Å²) in [5.74, 6) is -0.298. The highest BCUT2D eigenvalue weighted by Crippen LogP contribution is 2.25. The van der Waals surface area contributed by atoms with Crippen molar-refractivity contribution in [1.82, 2.24) is 10.2 Å². The summed E-state index contributed by atoms with van der Waals surface area (Å²) >= 11 is 0. The number of hydrogen-bond acceptors (Lipinski definition) is 3. The zero-order valence-corrected chi connectivity index (χ0v) is 10.6. The molecule has 16 heavy (non-hydrogen) atoms. The Bertz CT molecular complexity index is 258. The van der Waals surface area contributed by atoms with E-state index in [4.69, 9.17) is 0 Å². The van der Waals surface area contributed by atoms with Gasteiger partial charge in [-0.2, -0.15) is 0 Å². The Balaban J connectivity index is 2.43. The van der Waals surface area contributed by atoms with E-state index in [1.165, 1.54) is 4.90 Å². The average Bonchev–Trinajstić information content (AvgIpc) is 2.46. The highest BCUT2D eigenvalue weighted by molar-refractivity contribution is 6.04. The third-order valence-corrected chi connectivity index (χ3v) is 3.57. The second-order valence-corrected chi connectivity index (χ2v) is 4.74. The summed E-state index contributed by atoms with van der Waals surface area (Å²) in [6.45, 7) is 6.33. The fraction of sp³-hybridized carbons (Fsp3) is 0.833. The minimum absolute atomic E-state index is 0.00499. The lowest BCUT2D eigenvalue weighted by Gasteiger charge is -2.16. The molecule has 0 aromatic heterocycles. The Hall–Kier alpha value is -0.900. The van der Waals surface area contributed by atoms with Gasteiger partial charge in [0, 0.05) is 24.4 Å². The van der Waals surface area contributed by atoms with Crippen molar-refractivity contribution in [2.75, 3.05) is 13.6 Å². The van der Waals surface area contributed by atoms with Gasteiger partial charge in [-0.15, -0.1) is 0 Å². The van der Waals surface area contributed by atoms with Crippen LogP contribution >= 0.6 is 0 Å². The van der Waals surface area contributed by atoms with Crippen molar-refractivity contribution in [3.63, 3.8) is 0 Å². The molecule has 0 aliphatic carbocycles. The minimum atomic E-state index is -0.144. The molecule has 0 spiro atoms. The molecule has 2 amide bonds. The van der Waals surface area contributed by atoms with Gasteiger partial charge in [-0.05, 0) is 26.8 Å². The molecule has 0 aromatic rings. The van der Waals surface area contributed by atoms with Crippen LogP contribution in [-0.2, 0) is 9.59 Å². The number of nitrogens with one attached hydrogen (secondary N) is 1. The van der Waals surface area contributed by atoms with Gasteiger partial charge in [0.05, 0.1) is 0 Å². The molecule has 0 bridgehead atoms. The molecule has 92 valence electrons. The Labute approximate surface area is 97.4 Å². The SMILES string of the molecule is CNC(C)CCCN1C(=O)C(C)C(C)C1=O. The average molecular weight is 226 g/mol. The summed E-state index contributed by atoms with van der Waals surface area (Å²) in [5, 5.41) is 3.14. The Morgan fingerprint density at radius 3 is 2.19 bits per heavy atom. The van der Waals surface area contributed by atoms with Crippen molar-refractivity contribution in [2.24, 2.45) is 11.8 Å². The first-order valence-electron chi connectivity index (χ1n) is 6.01. The van der Waals surface area contributed by atoms with Gasteiger partial charge < -0.3 is 5.32 Å². The number of rotatable bonds is 5. The molecule has 3 atom stereocenters. The second kappa shape index (κ2) is 5.43. The van der Waals surface area contributed by atoms with Gasteiger partial charge >= 0.3 is 0 Å². The van der Waals surface area contributed by atoms with E-state index in [2.05, 4.69) is 12.2 Å². The van der Waals surface area contributed by atoms with E-state index in [0.717, 1.165) is 12.8 Å². The highest BCUT2D eigenvalue weighted by Gasteiger charge is 2.41. The molecule has 0 saturated carbocycles. The predicted octanol–water partition coefficient (Wildman–Crippen LogP) is 1.02. The maximum Gasteiger partial charge on any atom is 0.232 e. The van der Waals surface area contributed by atoms with Crippen LogP contribution in [0.25, 0.3) is 0 Å². The molecule has 0 aromatic carbocycles. The summed E-state index contributed by atoms with van der Waals surface area (Å²) in [6, 6.07) is 0.433. The van der Waals surface area contributed by atoms with Crippen molar-refractivity contribution in [2.45, 2.75) is 39.7 Å². The van der Waals surface area contributed by atoms with Crippen LogP contribution in [0.5, 0.6) is 0 Å². The maximum absolute atomic E-state index is 11.8. The number of carbonyl (C=O) groups excluding carboxylic acids is 2. The number of carbonyl (C=O) groups is 2. The molecule has 3 unspecified atom stereocenters. The first-order chi connectivity index (χ1) is 7.49. The molecule has 1 saturated heterocycles. The van der Waals surface area contributed by atoms with Crippen LogP contribution in [0.2, 0.25) is 0 Å². The normalized spacial score (nSPS) is 27.6. The number of hydrogen-bond donors (Lipinski definition) is 1. The largest absolute Gasteiger partial charge is 0.317 e. The molecule has 1 heterocycles. The van der Waals surface area contributed by atoms with Crippen LogP contribution in [0.3, 0.4) is 0 Å². The predicted molar refractivity (Wildman–Crippen MR) is 62.8 cm³/mol. The van der Waals surface area contributed by atoms with Gasteiger partial charge in [-0.3, -0.25) is 14.5 Å². The zero-order chi connectivity index (χ0) is 12.3. The van der Waals surface area contributed by atoms with E-state index < -0.39 is 0 Å². The lowest BCUT2D eigenvalue weighted by Crippen LogP contribution is -2.33. The minimum Gasteiger partial charge on any atom is -0.317 e. The third-order valence-electron chi connectivity index (χ3n) is 3.57. The summed E-state index contributed by atoms with van der Waals surface area (Å²) < 4.78 is 0. The van der Waals surface area contributed by atoms with Gasteiger partial charge in [0.1, 0.15) is 0 Å². The standard InChI is InChI=1S/C12H22N2O2/c1-8(13-4)6-5-7-14-11(15)9(2)10(3)12(14)16/h8-10,13H,5-7H2,1-4H3. The van der Waals surface area contributed by atoms with Gasteiger partial charge in [0.25, 0.3) is 0 Å². The number of imide groups is 1. The first-order valence-corrected chi connectivity index (χ1v) is 6.01. The van der Waals surface area contributed by atoms with Gasteiger partial charge in [0.15, 0.2) is 0 Å². The summed E-state index contributed by atoms with van der Waals surface area (Å²) in [7, 11) is 1.92. The van der Waals surface area contributed by atoms with Gasteiger partial charge in [-0.1, -0.05) is 13.8 Å². The van der Waals surface area contributed by atoms with Gasteiger partial charge in [0.2, 0.25) is 11.8 Å². The number of amides is 2.